The van der Waals surface area contributed by atoms with Crippen LogP contribution in [0.1, 0.15) is 48.3 Å². The molecule has 2 atom stereocenters. The first-order chi connectivity index (χ1) is 22.9. The van der Waals surface area contributed by atoms with Gasteiger partial charge in [-0.1, -0.05) is 91.0 Å². The predicted molar refractivity (Wildman–Crippen MR) is 176 cm³/mol. The molecule has 0 aromatic heterocycles. The Morgan fingerprint density at radius 3 is 2.32 bits per heavy atom. The average Bonchev–Trinajstić information content (AvgIpc) is 3.41. The van der Waals surface area contributed by atoms with Crippen molar-refractivity contribution >= 4 is 23.9 Å². The number of hydrogen-bond acceptors (Lipinski definition) is 7. The van der Waals surface area contributed by atoms with Crippen molar-refractivity contribution in [2.24, 2.45) is 5.92 Å². The van der Waals surface area contributed by atoms with Gasteiger partial charge < -0.3 is 30.1 Å². The number of nitrogens with one attached hydrogen (secondary N) is 2. The SMILES string of the molecule is O=C(NC1CCC=CCC(CC(=O)N(CCO)Cc2ccccc2)C(=O)NCCOC1=O)OCC1c2ccccc2-c2ccccc21. The van der Waals surface area contributed by atoms with Crippen LogP contribution >= 0.6 is 0 Å². The van der Waals surface area contributed by atoms with Crippen LogP contribution in [0, 0.1) is 5.92 Å². The molecule has 10 nitrogen and oxygen atoms in total. The maximum absolute atomic E-state index is 13.2. The van der Waals surface area contributed by atoms with E-state index in [1.807, 2.05) is 78.9 Å². The largest absolute Gasteiger partial charge is 0.462 e. The Bertz CT molecular complexity index is 1530. The van der Waals surface area contributed by atoms with Gasteiger partial charge in [-0.05, 0) is 47.1 Å². The van der Waals surface area contributed by atoms with Gasteiger partial charge in [0.1, 0.15) is 19.3 Å². The maximum atomic E-state index is 13.2. The summed E-state index contributed by atoms with van der Waals surface area (Å²) in [4.78, 5) is 53.6. The number of carbonyl (C=O) groups is 4. The monoisotopic (exact) mass is 639 g/mol. The third-order valence-corrected chi connectivity index (χ3v) is 8.51. The lowest BCUT2D eigenvalue weighted by Crippen LogP contribution is -2.43. The van der Waals surface area contributed by atoms with Gasteiger partial charge in [0.05, 0.1) is 19.1 Å². The van der Waals surface area contributed by atoms with Crippen LogP contribution in [-0.4, -0.2) is 72.8 Å². The summed E-state index contributed by atoms with van der Waals surface area (Å²) >= 11 is 0. The molecule has 3 amide bonds. The number of ether oxygens (including phenoxy) is 2. The maximum Gasteiger partial charge on any atom is 0.407 e. The normalized spacial score (nSPS) is 18.3. The molecule has 2 unspecified atom stereocenters. The first-order valence-electron chi connectivity index (χ1n) is 16.1. The molecular weight excluding hydrogens is 598 g/mol. The van der Waals surface area contributed by atoms with Crippen molar-refractivity contribution in [1.82, 2.24) is 15.5 Å². The van der Waals surface area contributed by atoms with Crippen LogP contribution in [0.3, 0.4) is 0 Å². The molecule has 0 spiro atoms. The molecule has 5 rings (SSSR count). The smallest absolute Gasteiger partial charge is 0.407 e. The lowest BCUT2D eigenvalue weighted by atomic mass is 9.98. The van der Waals surface area contributed by atoms with E-state index in [0.717, 1.165) is 27.8 Å². The Labute approximate surface area is 274 Å². The molecule has 3 aromatic rings. The molecule has 0 radical (unpaired) electrons. The molecule has 10 heteroatoms. The Hall–Kier alpha value is -4.96. The van der Waals surface area contributed by atoms with Gasteiger partial charge in [-0.3, -0.25) is 9.59 Å². The van der Waals surface area contributed by atoms with Crippen LogP contribution in [0.15, 0.2) is 91.0 Å². The first kappa shape index (κ1) is 33.4. The van der Waals surface area contributed by atoms with Crippen molar-refractivity contribution in [1.29, 1.82) is 0 Å². The highest BCUT2D eigenvalue weighted by atomic mass is 16.6. The number of amides is 3. The molecule has 2 aliphatic rings. The van der Waals surface area contributed by atoms with Gasteiger partial charge >= 0.3 is 12.1 Å². The number of cyclic esters (lactones) is 1. The number of nitrogens with zero attached hydrogens (tertiary/aromatic N) is 1. The van der Waals surface area contributed by atoms with Crippen molar-refractivity contribution in [2.45, 2.75) is 44.2 Å². The lowest BCUT2D eigenvalue weighted by molar-refractivity contribution is -0.146. The summed E-state index contributed by atoms with van der Waals surface area (Å²) in [5.41, 5.74) is 5.35. The molecule has 246 valence electrons. The van der Waals surface area contributed by atoms with Crippen molar-refractivity contribution < 1.29 is 33.8 Å². The van der Waals surface area contributed by atoms with Crippen molar-refractivity contribution in [3.63, 3.8) is 0 Å². The number of hydrogen-bond donors (Lipinski definition) is 3. The highest BCUT2D eigenvalue weighted by Gasteiger charge is 2.30. The van der Waals surface area contributed by atoms with E-state index in [0.29, 0.717) is 19.4 Å². The quantitative estimate of drug-likeness (QED) is 0.235. The van der Waals surface area contributed by atoms with Gasteiger partial charge in [-0.15, -0.1) is 0 Å². The minimum absolute atomic E-state index is 0.0330. The van der Waals surface area contributed by atoms with Crippen LogP contribution in [-0.2, 0) is 30.4 Å². The van der Waals surface area contributed by atoms with Crippen LogP contribution in [0.5, 0.6) is 0 Å². The van der Waals surface area contributed by atoms with Crippen LogP contribution in [0.25, 0.3) is 11.1 Å². The molecule has 1 heterocycles. The van der Waals surface area contributed by atoms with E-state index in [9.17, 15) is 24.3 Å². The molecule has 0 saturated carbocycles. The summed E-state index contributed by atoms with van der Waals surface area (Å²) < 4.78 is 11.0. The number of esters is 1. The average molecular weight is 640 g/mol. The second-order valence-corrected chi connectivity index (χ2v) is 11.7. The zero-order valence-corrected chi connectivity index (χ0v) is 26.3. The topological polar surface area (TPSA) is 134 Å². The van der Waals surface area contributed by atoms with E-state index in [2.05, 4.69) is 22.8 Å². The number of allylic oxidation sites excluding steroid dienone is 2. The Balaban J connectivity index is 1.16. The molecule has 0 saturated heterocycles. The fraction of sp³-hybridized carbons (Fsp3) is 0.351. The van der Waals surface area contributed by atoms with Gasteiger partial charge in [0.15, 0.2) is 0 Å². The van der Waals surface area contributed by atoms with Gasteiger partial charge in [0.25, 0.3) is 0 Å². The molecule has 1 aliphatic heterocycles. The highest BCUT2D eigenvalue weighted by Crippen LogP contribution is 2.44. The molecule has 1 aliphatic carbocycles. The van der Waals surface area contributed by atoms with Gasteiger partial charge in [0.2, 0.25) is 11.8 Å². The number of carbonyl (C=O) groups excluding carboxylic acids is 4. The third-order valence-electron chi connectivity index (χ3n) is 8.51. The van der Waals surface area contributed by atoms with Crippen molar-refractivity contribution in [2.75, 3.05) is 32.9 Å². The Kier molecular flexibility index (Phi) is 11.8. The molecular formula is C37H41N3O7. The van der Waals surface area contributed by atoms with Crippen LogP contribution in [0.2, 0.25) is 0 Å². The lowest BCUT2D eigenvalue weighted by Gasteiger charge is -2.24. The van der Waals surface area contributed by atoms with Gasteiger partial charge in [0, 0.05) is 25.4 Å². The summed E-state index contributed by atoms with van der Waals surface area (Å²) in [6.45, 7) is 0.387. The van der Waals surface area contributed by atoms with Gasteiger partial charge in [-0.25, -0.2) is 9.59 Å². The number of aliphatic hydroxyl groups excluding tert-OH is 1. The van der Waals surface area contributed by atoms with E-state index in [4.69, 9.17) is 9.47 Å². The summed E-state index contributed by atoms with van der Waals surface area (Å²) in [5, 5.41) is 15.0. The van der Waals surface area contributed by atoms with E-state index in [1.165, 1.54) is 0 Å². The molecule has 0 bridgehead atoms. The third kappa shape index (κ3) is 8.86. The second-order valence-electron chi connectivity index (χ2n) is 11.7. The zero-order valence-electron chi connectivity index (χ0n) is 26.3. The minimum atomic E-state index is -0.936. The molecule has 3 aromatic carbocycles. The Morgan fingerprint density at radius 1 is 0.936 bits per heavy atom. The summed E-state index contributed by atoms with van der Waals surface area (Å²) in [6, 6.07) is 24.6. The van der Waals surface area contributed by atoms with E-state index in [-0.39, 0.29) is 63.5 Å². The number of alkyl carbamates (subject to hydrolysis) is 1. The predicted octanol–water partition coefficient (Wildman–Crippen LogP) is 4.32. The zero-order chi connectivity index (χ0) is 33.0. The van der Waals surface area contributed by atoms with E-state index in [1.54, 1.807) is 4.90 Å². The summed E-state index contributed by atoms with van der Waals surface area (Å²) in [7, 11) is 0. The second kappa shape index (κ2) is 16.6. The van der Waals surface area contributed by atoms with E-state index >= 15 is 0 Å². The number of fused-ring (bicyclic) bond motifs is 3. The molecule has 0 fully saturated rings. The molecule has 47 heavy (non-hydrogen) atoms. The van der Waals surface area contributed by atoms with Crippen LogP contribution < -0.4 is 10.6 Å². The molecule has 3 N–H and O–H groups in total. The Morgan fingerprint density at radius 2 is 1.62 bits per heavy atom. The summed E-state index contributed by atoms with van der Waals surface area (Å²) in [6.07, 6.45) is 3.92. The first-order valence-corrected chi connectivity index (χ1v) is 16.1. The summed E-state index contributed by atoms with van der Waals surface area (Å²) in [5.74, 6) is -1.93. The number of benzene rings is 3. The number of aliphatic hydroxyl groups is 1. The fourth-order valence-electron chi connectivity index (χ4n) is 6.08. The van der Waals surface area contributed by atoms with E-state index < -0.39 is 24.0 Å². The van der Waals surface area contributed by atoms with Crippen molar-refractivity contribution in [3.05, 3.63) is 108 Å². The number of rotatable bonds is 9. The van der Waals surface area contributed by atoms with Gasteiger partial charge in [-0.2, -0.15) is 0 Å². The standard InChI is InChI=1S/C37H41N3O7/c41-21-20-40(24-26-11-3-1-4-12-26)34(42)23-27-13-5-2-6-18-33(36(44)46-22-19-38-35(27)43)39-37(45)47-25-32-30-16-9-7-14-28(30)29-15-8-10-17-31(29)32/h1-5,7-12,14-17,27,32-33,41H,6,13,18-25H2,(H,38,43)(H,39,45). The minimum Gasteiger partial charge on any atom is -0.462 e. The fourth-order valence-corrected chi connectivity index (χ4v) is 6.08. The van der Waals surface area contributed by atoms with Crippen molar-refractivity contribution in [3.8, 4) is 11.1 Å². The highest BCUT2D eigenvalue weighted by molar-refractivity contribution is 5.86. The van der Waals surface area contributed by atoms with Crippen LogP contribution in [0.4, 0.5) is 4.79 Å².